The molecule has 0 aliphatic heterocycles. The highest BCUT2D eigenvalue weighted by atomic mass is 32.1. The summed E-state index contributed by atoms with van der Waals surface area (Å²) in [6.45, 7) is 0. The molecule has 0 bridgehead atoms. The zero-order chi connectivity index (χ0) is 17.8. The number of hydrogen-bond acceptors (Lipinski definition) is 6. The highest BCUT2D eigenvalue weighted by molar-refractivity contribution is 7.18. The number of rotatable bonds is 4. The van der Waals surface area contributed by atoms with Crippen molar-refractivity contribution in [1.82, 2.24) is 10.2 Å². The molecule has 0 spiro atoms. The Bertz CT molecular complexity index is 929. The van der Waals surface area contributed by atoms with Gasteiger partial charge in [-0.25, -0.2) is 9.18 Å². The molecule has 3 rings (SSSR count). The molecule has 0 aliphatic rings. The van der Waals surface area contributed by atoms with Crippen LogP contribution in [0.4, 0.5) is 25.7 Å². The summed E-state index contributed by atoms with van der Waals surface area (Å²) >= 11 is 1.07. The van der Waals surface area contributed by atoms with Crippen LogP contribution in [0.3, 0.4) is 0 Å². The largest absolute Gasteiger partial charge is 0.325 e. The number of carbonyl (C=O) groups is 1. The second-order valence-corrected chi connectivity index (χ2v) is 5.78. The quantitative estimate of drug-likeness (QED) is 0.542. The van der Waals surface area contributed by atoms with Crippen molar-refractivity contribution >= 4 is 33.9 Å². The molecule has 0 radical (unpaired) electrons. The molecule has 0 atom stereocenters. The van der Waals surface area contributed by atoms with Gasteiger partial charge in [0.2, 0.25) is 5.13 Å². The minimum absolute atomic E-state index is 0.0590. The average Bonchev–Trinajstić information content (AvgIpc) is 3.05. The highest BCUT2D eigenvalue weighted by Crippen LogP contribution is 2.28. The van der Waals surface area contributed by atoms with Crippen LogP contribution in [0.2, 0.25) is 0 Å². The third kappa shape index (κ3) is 4.12. The molecule has 0 aliphatic carbocycles. The van der Waals surface area contributed by atoms with Crippen molar-refractivity contribution in [2.45, 2.75) is 0 Å². The molecule has 25 heavy (non-hydrogen) atoms. The maximum Gasteiger partial charge on any atom is 0.325 e. The molecule has 126 valence electrons. The van der Waals surface area contributed by atoms with Gasteiger partial charge in [-0.1, -0.05) is 23.5 Å². The lowest BCUT2D eigenvalue weighted by Gasteiger charge is -2.04. The van der Waals surface area contributed by atoms with E-state index in [0.717, 1.165) is 11.3 Å². The van der Waals surface area contributed by atoms with Crippen LogP contribution in [0, 0.1) is 15.9 Å². The Morgan fingerprint density at radius 1 is 1.12 bits per heavy atom. The van der Waals surface area contributed by atoms with Crippen molar-refractivity contribution < 1.29 is 14.1 Å². The molecule has 3 aromatic rings. The molecule has 10 heteroatoms. The van der Waals surface area contributed by atoms with Crippen LogP contribution in [0.5, 0.6) is 0 Å². The van der Waals surface area contributed by atoms with E-state index >= 15 is 0 Å². The maximum atomic E-state index is 12.8. The normalized spacial score (nSPS) is 10.3. The molecular formula is C15H10FN5O3S. The van der Waals surface area contributed by atoms with E-state index < -0.39 is 16.8 Å². The van der Waals surface area contributed by atoms with E-state index in [4.69, 9.17) is 0 Å². The molecule has 2 N–H and O–H groups in total. The molecule has 1 aromatic heterocycles. The van der Waals surface area contributed by atoms with Gasteiger partial charge in [0.25, 0.3) is 5.69 Å². The first-order valence-corrected chi connectivity index (χ1v) is 7.75. The first-order valence-electron chi connectivity index (χ1n) is 6.93. The summed E-state index contributed by atoms with van der Waals surface area (Å²) in [6, 6.07) is 10.7. The Kier molecular flexibility index (Phi) is 4.61. The number of anilines is 2. The Balaban J connectivity index is 1.69. The molecule has 2 aromatic carbocycles. The van der Waals surface area contributed by atoms with Crippen molar-refractivity contribution in [2.75, 3.05) is 10.6 Å². The number of carbonyl (C=O) groups excluding carboxylic acids is 1. The second kappa shape index (κ2) is 7.01. The van der Waals surface area contributed by atoms with Crippen molar-refractivity contribution in [3.8, 4) is 10.6 Å². The first-order chi connectivity index (χ1) is 12.0. The molecule has 0 saturated carbocycles. The number of hydrogen-bond donors (Lipinski definition) is 2. The predicted octanol–water partition coefficient (Wildman–Crippen LogP) is 3.90. The third-order valence-electron chi connectivity index (χ3n) is 3.05. The first kappa shape index (κ1) is 16.5. The van der Waals surface area contributed by atoms with Gasteiger partial charge in [0.05, 0.1) is 4.92 Å². The lowest BCUT2D eigenvalue weighted by Crippen LogP contribution is -2.19. The van der Waals surface area contributed by atoms with Crippen LogP contribution < -0.4 is 10.6 Å². The van der Waals surface area contributed by atoms with Crippen LogP contribution >= 0.6 is 11.3 Å². The molecule has 1 heterocycles. The SMILES string of the molecule is O=C(Nc1ccc(F)cc1)Nc1nnc(-c2cccc([N+](=O)[O-])c2)s1. The number of non-ortho nitro benzene ring substituents is 1. The van der Waals surface area contributed by atoms with Crippen molar-refractivity contribution in [3.05, 3.63) is 64.5 Å². The van der Waals surface area contributed by atoms with Crippen LogP contribution in [-0.2, 0) is 0 Å². The smallest absolute Gasteiger partial charge is 0.308 e. The van der Waals surface area contributed by atoms with E-state index in [1.807, 2.05) is 0 Å². The lowest BCUT2D eigenvalue weighted by molar-refractivity contribution is -0.384. The Morgan fingerprint density at radius 3 is 2.60 bits per heavy atom. The van der Waals surface area contributed by atoms with Gasteiger partial charge in [-0.2, -0.15) is 0 Å². The predicted molar refractivity (Wildman–Crippen MR) is 91.0 cm³/mol. The number of nitro groups is 1. The van der Waals surface area contributed by atoms with Gasteiger partial charge in [-0.05, 0) is 24.3 Å². The van der Waals surface area contributed by atoms with E-state index in [9.17, 15) is 19.3 Å². The van der Waals surface area contributed by atoms with E-state index in [0.29, 0.717) is 16.3 Å². The number of benzene rings is 2. The highest BCUT2D eigenvalue weighted by Gasteiger charge is 2.13. The summed E-state index contributed by atoms with van der Waals surface area (Å²) in [5.41, 5.74) is 0.886. The molecule has 0 fully saturated rings. The standard InChI is InChI=1S/C15H10FN5O3S/c16-10-4-6-11(7-5-10)17-14(22)18-15-20-19-13(25-15)9-2-1-3-12(8-9)21(23)24/h1-8H,(H2,17,18,20,22). The van der Waals surface area contributed by atoms with E-state index in [2.05, 4.69) is 20.8 Å². The minimum atomic E-state index is -0.562. The molecule has 0 saturated heterocycles. The zero-order valence-electron chi connectivity index (χ0n) is 12.5. The summed E-state index contributed by atoms with van der Waals surface area (Å²) in [5, 5.41) is 24.2. The number of aromatic nitrogens is 2. The van der Waals surface area contributed by atoms with Gasteiger partial charge >= 0.3 is 6.03 Å². The van der Waals surface area contributed by atoms with Crippen molar-refractivity contribution in [2.24, 2.45) is 0 Å². The summed E-state index contributed by atoms with van der Waals surface area (Å²) in [4.78, 5) is 22.2. The van der Waals surface area contributed by atoms with Gasteiger partial charge in [-0.15, -0.1) is 10.2 Å². The van der Waals surface area contributed by atoms with Crippen LogP contribution in [0.15, 0.2) is 48.5 Å². The monoisotopic (exact) mass is 359 g/mol. The Labute approximate surface area is 144 Å². The number of nitrogens with zero attached hydrogens (tertiary/aromatic N) is 3. The molecular weight excluding hydrogens is 349 g/mol. The number of nitrogens with one attached hydrogen (secondary N) is 2. The van der Waals surface area contributed by atoms with Gasteiger partial charge in [-0.3, -0.25) is 15.4 Å². The fourth-order valence-electron chi connectivity index (χ4n) is 1.94. The summed E-state index contributed by atoms with van der Waals surface area (Å²) in [7, 11) is 0. The van der Waals surface area contributed by atoms with Gasteiger partial charge in [0.1, 0.15) is 10.8 Å². The third-order valence-corrected chi connectivity index (χ3v) is 3.94. The Morgan fingerprint density at radius 2 is 1.88 bits per heavy atom. The van der Waals surface area contributed by atoms with Gasteiger partial charge in [0, 0.05) is 23.4 Å². The van der Waals surface area contributed by atoms with E-state index in [1.54, 1.807) is 12.1 Å². The number of urea groups is 1. The molecule has 2 amide bonds. The lowest BCUT2D eigenvalue weighted by atomic mass is 10.2. The number of halogens is 1. The van der Waals surface area contributed by atoms with Gasteiger partial charge in [0.15, 0.2) is 0 Å². The maximum absolute atomic E-state index is 12.8. The summed E-state index contributed by atoms with van der Waals surface area (Å²) in [5.74, 6) is -0.406. The van der Waals surface area contributed by atoms with E-state index in [-0.39, 0.29) is 10.8 Å². The number of nitro benzene ring substituents is 1. The van der Waals surface area contributed by atoms with Crippen LogP contribution in [-0.4, -0.2) is 21.2 Å². The topological polar surface area (TPSA) is 110 Å². The fraction of sp³-hybridized carbons (Fsp3) is 0. The molecule has 0 unspecified atom stereocenters. The van der Waals surface area contributed by atoms with Gasteiger partial charge < -0.3 is 5.32 Å². The Hall–Kier alpha value is -3.40. The van der Waals surface area contributed by atoms with Crippen molar-refractivity contribution in [1.29, 1.82) is 0 Å². The van der Waals surface area contributed by atoms with Crippen LogP contribution in [0.1, 0.15) is 0 Å². The summed E-state index contributed by atoms with van der Waals surface area (Å²) < 4.78 is 12.8. The van der Waals surface area contributed by atoms with Crippen molar-refractivity contribution in [3.63, 3.8) is 0 Å². The second-order valence-electron chi connectivity index (χ2n) is 4.81. The molecule has 8 nitrogen and oxygen atoms in total. The van der Waals surface area contributed by atoms with Crippen LogP contribution in [0.25, 0.3) is 10.6 Å². The van der Waals surface area contributed by atoms with E-state index in [1.165, 1.54) is 36.4 Å². The average molecular weight is 359 g/mol. The zero-order valence-corrected chi connectivity index (χ0v) is 13.3. The summed E-state index contributed by atoms with van der Waals surface area (Å²) in [6.07, 6.45) is 0. The fourth-order valence-corrected chi connectivity index (χ4v) is 2.67. The number of amides is 2. The minimum Gasteiger partial charge on any atom is -0.308 e.